The molecular formula is C14H21F2NO4. The molecule has 0 unspecified atom stereocenters. The molecule has 0 radical (unpaired) electrons. The number of ether oxygens (including phenoxy) is 2. The van der Waals surface area contributed by atoms with Gasteiger partial charge in [-0.05, 0) is 34.1 Å². The molecule has 3 atom stereocenters. The number of halogens is 2. The summed E-state index contributed by atoms with van der Waals surface area (Å²) >= 11 is 0. The molecule has 0 N–H and O–H groups in total. The molecule has 7 heteroatoms. The van der Waals surface area contributed by atoms with E-state index in [9.17, 15) is 18.4 Å². The van der Waals surface area contributed by atoms with E-state index in [4.69, 9.17) is 9.47 Å². The first-order valence-corrected chi connectivity index (χ1v) is 7.12. The van der Waals surface area contributed by atoms with Crippen molar-refractivity contribution in [3.8, 4) is 0 Å². The van der Waals surface area contributed by atoms with Crippen LogP contribution >= 0.6 is 0 Å². The summed E-state index contributed by atoms with van der Waals surface area (Å²) in [6.45, 7) is 6.75. The lowest BCUT2D eigenvalue weighted by Gasteiger charge is -2.37. The van der Waals surface area contributed by atoms with E-state index in [2.05, 4.69) is 0 Å². The predicted octanol–water partition coefficient (Wildman–Crippen LogP) is 2.58. The minimum Gasteiger partial charge on any atom is -0.464 e. The monoisotopic (exact) mass is 305 g/mol. The van der Waals surface area contributed by atoms with Gasteiger partial charge in [0.2, 0.25) is 0 Å². The average Bonchev–Trinajstić information content (AvgIpc) is 2.79. The minimum absolute atomic E-state index is 0.0838. The third-order valence-electron chi connectivity index (χ3n) is 3.78. The summed E-state index contributed by atoms with van der Waals surface area (Å²) < 4.78 is 37.9. The van der Waals surface area contributed by atoms with Crippen LogP contribution in [0, 0.1) is 5.92 Å². The molecule has 1 aliphatic heterocycles. The molecule has 0 aromatic heterocycles. The second-order valence-electron chi connectivity index (χ2n) is 6.55. The lowest BCUT2D eigenvalue weighted by molar-refractivity contribution is -0.161. The van der Waals surface area contributed by atoms with Gasteiger partial charge in [-0.25, -0.2) is 18.4 Å². The van der Waals surface area contributed by atoms with Gasteiger partial charge in [0.15, 0.2) is 0 Å². The number of carbonyl (C=O) groups is 2. The van der Waals surface area contributed by atoms with E-state index in [1.807, 2.05) is 0 Å². The highest BCUT2D eigenvalue weighted by Crippen LogP contribution is 2.52. The van der Waals surface area contributed by atoms with Crippen LogP contribution in [0.1, 0.15) is 40.5 Å². The van der Waals surface area contributed by atoms with Crippen LogP contribution in [0.2, 0.25) is 0 Å². The van der Waals surface area contributed by atoms with Crippen molar-refractivity contribution in [2.75, 3.05) is 6.61 Å². The van der Waals surface area contributed by atoms with Crippen LogP contribution in [-0.2, 0) is 14.3 Å². The summed E-state index contributed by atoms with van der Waals surface area (Å²) in [7, 11) is 0. The van der Waals surface area contributed by atoms with Crippen molar-refractivity contribution in [1.82, 2.24) is 4.90 Å². The summed E-state index contributed by atoms with van der Waals surface area (Å²) in [5, 5.41) is 0. The molecule has 21 heavy (non-hydrogen) atoms. The zero-order chi connectivity index (χ0) is 16.0. The van der Waals surface area contributed by atoms with E-state index in [0.29, 0.717) is 0 Å². The third-order valence-corrected chi connectivity index (χ3v) is 3.78. The molecule has 1 saturated carbocycles. The van der Waals surface area contributed by atoms with E-state index in [-0.39, 0.29) is 13.0 Å². The molecule has 0 spiro atoms. The summed E-state index contributed by atoms with van der Waals surface area (Å²) in [5.41, 5.74) is -0.749. The Morgan fingerprint density at radius 2 is 1.95 bits per heavy atom. The molecule has 0 aromatic carbocycles. The summed E-state index contributed by atoms with van der Waals surface area (Å²) in [6, 6.07) is -1.93. The van der Waals surface area contributed by atoms with Crippen LogP contribution in [0.15, 0.2) is 0 Å². The first-order chi connectivity index (χ1) is 9.57. The molecule has 5 nitrogen and oxygen atoms in total. The van der Waals surface area contributed by atoms with E-state index in [0.717, 1.165) is 4.90 Å². The van der Waals surface area contributed by atoms with Gasteiger partial charge in [0, 0.05) is 12.5 Å². The van der Waals surface area contributed by atoms with E-state index in [1.165, 1.54) is 0 Å². The van der Waals surface area contributed by atoms with Crippen LogP contribution in [0.5, 0.6) is 0 Å². The first kappa shape index (κ1) is 16.0. The zero-order valence-electron chi connectivity index (χ0n) is 12.7. The van der Waals surface area contributed by atoms with Crippen LogP contribution < -0.4 is 0 Å². The molecule has 1 amide bonds. The van der Waals surface area contributed by atoms with Gasteiger partial charge in [-0.15, -0.1) is 0 Å². The van der Waals surface area contributed by atoms with Crippen molar-refractivity contribution >= 4 is 12.1 Å². The second kappa shape index (κ2) is 5.10. The maximum absolute atomic E-state index is 13.9. The number of amides is 1. The topological polar surface area (TPSA) is 55.8 Å². The number of nitrogens with zero attached hydrogens (tertiary/aromatic N) is 1. The number of esters is 1. The summed E-state index contributed by atoms with van der Waals surface area (Å²) in [4.78, 5) is 25.4. The molecule has 2 aliphatic rings. The van der Waals surface area contributed by atoms with Crippen LogP contribution in [-0.4, -0.2) is 47.2 Å². The summed E-state index contributed by atoms with van der Waals surface area (Å²) in [5.74, 6) is -4.91. The normalized spacial score (nSPS) is 30.4. The number of piperidine rings is 1. The summed E-state index contributed by atoms with van der Waals surface area (Å²) in [6.07, 6.45) is -1.05. The Morgan fingerprint density at radius 1 is 1.33 bits per heavy atom. The molecule has 1 heterocycles. The predicted molar refractivity (Wildman–Crippen MR) is 70.0 cm³/mol. The van der Waals surface area contributed by atoms with Gasteiger partial charge in [0.25, 0.3) is 5.92 Å². The number of carbonyl (C=O) groups excluding carboxylic acids is 2. The Bertz CT molecular complexity index is 447. The molecule has 1 aliphatic carbocycles. The lowest BCUT2D eigenvalue weighted by Crippen LogP contribution is -2.56. The van der Waals surface area contributed by atoms with Crippen molar-refractivity contribution in [3.05, 3.63) is 0 Å². The molecule has 2 fully saturated rings. The highest BCUT2D eigenvalue weighted by molar-refractivity contribution is 5.83. The SMILES string of the molecule is CCOC(=O)[C@@H]1[C@@H]2C[C@H](CC2(F)F)N1C(=O)OC(C)(C)C. The van der Waals surface area contributed by atoms with E-state index in [1.54, 1.807) is 27.7 Å². The minimum atomic E-state index is -2.94. The van der Waals surface area contributed by atoms with Crippen LogP contribution in [0.3, 0.4) is 0 Å². The Kier molecular flexibility index (Phi) is 3.88. The smallest absolute Gasteiger partial charge is 0.411 e. The highest BCUT2D eigenvalue weighted by Gasteiger charge is 2.65. The zero-order valence-corrected chi connectivity index (χ0v) is 12.7. The maximum atomic E-state index is 13.9. The van der Waals surface area contributed by atoms with Gasteiger partial charge in [-0.1, -0.05) is 0 Å². The number of likely N-dealkylation sites (tertiary alicyclic amines) is 1. The number of rotatable bonds is 2. The van der Waals surface area contributed by atoms with Crippen molar-refractivity contribution in [3.63, 3.8) is 0 Å². The Morgan fingerprint density at radius 3 is 2.48 bits per heavy atom. The second-order valence-corrected chi connectivity index (χ2v) is 6.55. The molecular weight excluding hydrogens is 284 g/mol. The fourth-order valence-electron chi connectivity index (χ4n) is 3.09. The van der Waals surface area contributed by atoms with E-state index >= 15 is 0 Å². The molecule has 120 valence electrons. The van der Waals surface area contributed by atoms with Crippen molar-refractivity contribution in [1.29, 1.82) is 0 Å². The molecule has 1 saturated heterocycles. The number of alkyl halides is 2. The van der Waals surface area contributed by atoms with Gasteiger partial charge in [-0.3, -0.25) is 4.90 Å². The molecule has 2 rings (SSSR count). The van der Waals surface area contributed by atoms with Gasteiger partial charge in [-0.2, -0.15) is 0 Å². The van der Waals surface area contributed by atoms with Gasteiger partial charge in [0.1, 0.15) is 11.6 Å². The standard InChI is InChI=1S/C14H21F2NO4/c1-5-20-11(18)10-9-6-8(7-14(9,15)16)17(10)12(19)21-13(2,3)4/h8-10H,5-7H2,1-4H3/t8-,9+,10+/m1/s1. The lowest BCUT2D eigenvalue weighted by atomic mass is 9.95. The Labute approximate surface area is 122 Å². The fraction of sp³-hybridized carbons (Fsp3) is 0.857. The third kappa shape index (κ3) is 2.96. The quantitative estimate of drug-likeness (QED) is 0.736. The average molecular weight is 305 g/mol. The Hall–Kier alpha value is -1.40. The number of fused-ring (bicyclic) bond motifs is 2. The highest BCUT2D eigenvalue weighted by atomic mass is 19.3. The number of hydrogen-bond acceptors (Lipinski definition) is 4. The fourth-order valence-corrected chi connectivity index (χ4v) is 3.09. The molecule has 2 bridgehead atoms. The number of hydrogen-bond donors (Lipinski definition) is 0. The van der Waals surface area contributed by atoms with Gasteiger partial charge < -0.3 is 9.47 Å². The van der Waals surface area contributed by atoms with Crippen LogP contribution in [0.25, 0.3) is 0 Å². The van der Waals surface area contributed by atoms with Gasteiger partial charge >= 0.3 is 12.1 Å². The van der Waals surface area contributed by atoms with Gasteiger partial charge in [0.05, 0.1) is 12.5 Å². The Balaban J connectivity index is 2.23. The van der Waals surface area contributed by atoms with Crippen LogP contribution in [0.4, 0.5) is 13.6 Å². The maximum Gasteiger partial charge on any atom is 0.411 e. The van der Waals surface area contributed by atoms with Crippen molar-refractivity contribution in [2.24, 2.45) is 5.92 Å². The largest absolute Gasteiger partial charge is 0.464 e. The molecule has 0 aromatic rings. The van der Waals surface area contributed by atoms with Crippen molar-refractivity contribution in [2.45, 2.75) is 64.1 Å². The van der Waals surface area contributed by atoms with Crippen molar-refractivity contribution < 1.29 is 27.8 Å². The first-order valence-electron chi connectivity index (χ1n) is 7.12. The van der Waals surface area contributed by atoms with E-state index < -0.39 is 48.0 Å².